The van der Waals surface area contributed by atoms with Gasteiger partial charge in [0.25, 0.3) is 5.91 Å². The van der Waals surface area contributed by atoms with Gasteiger partial charge in [-0.3, -0.25) is 4.79 Å². The Morgan fingerprint density at radius 3 is 2.75 bits per heavy atom. The van der Waals surface area contributed by atoms with Gasteiger partial charge in [-0.1, -0.05) is 0 Å². The van der Waals surface area contributed by atoms with Gasteiger partial charge in [0.2, 0.25) is 6.04 Å². The third-order valence-electron chi connectivity index (χ3n) is 2.28. The highest BCUT2D eigenvalue weighted by atomic mass is 16.1. The van der Waals surface area contributed by atoms with Gasteiger partial charge >= 0.3 is 0 Å². The van der Waals surface area contributed by atoms with E-state index in [1.807, 2.05) is 0 Å². The zero-order chi connectivity index (χ0) is 9.14. The lowest BCUT2D eigenvalue weighted by Crippen LogP contribution is -2.62. The van der Waals surface area contributed by atoms with Crippen molar-refractivity contribution in [3.8, 4) is 0 Å². The maximum atomic E-state index is 11.0. The van der Waals surface area contributed by atoms with Crippen LogP contribution in [0.2, 0.25) is 0 Å². The third-order valence-corrected chi connectivity index (χ3v) is 2.28. The van der Waals surface area contributed by atoms with E-state index < -0.39 is 0 Å². The number of piperazine rings is 1. The molecule has 1 saturated heterocycles. The fourth-order valence-corrected chi connectivity index (χ4v) is 1.60. The normalized spacial score (nSPS) is 26.1. The van der Waals surface area contributed by atoms with Gasteiger partial charge in [-0.05, 0) is 13.8 Å². The molecule has 0 aromatic rings. The standard InChI is InChI=1S/C8H17N3O/c1-6(2)11-4-3-10-5-7(11)8(9)12/h6-7,10H,3-5H2,1-2H3,(H2,9,12)/q+1. The van der Waals surface area contributed by atoms with E-state index in [1.54, 1.807) is 0 Å². The molecule has 0 aromatic heterocycles. The molecule has 1 aliphatic rings. The van der Waals surface area contributed by atoms with Crippen molar-refractivity contribution in [2.45, 2.75) is 25.9 Å². The van der Waals surface area contributed by atoms with E-state index in [1.165, 1.54) is 0 Å². The summed E-state index contributed by atoms with van der Waals surface area (Å²) in [7, 11) is 0. The Bertz CT molecular complexity index is 170. The first-order valence-corrected chi connectivity index (χ1v) is 4.38. The van der Waals surface area contributed by atoms with E-state index in [2.05, 4.69) is 24.1 Å². The van der Waals surface area contributed by atoms with Crippen LogP contribution < -0.4 is 16.0 Å². The summed E-state index contributed by atoms with van der Waals surface area (Å²) >= 11 is 0. The summed E-state index contributed by atoms with van der Waals surface area (Å²) in [6.07, 6.45) is 0. The van der Waals surface area contributed by atoms with Crippen LogP contribution in [0.5, 0.6) is 0 Å². The molecule has 1 rings (SSSR count). The molecule has 1 unspecified atom stereocenters. The number of nitrogens with zero attached hydrogens (tertiary/aromatic N) is 1. The highest BCUT2D eigenvalue weighted by molar-refractivity contribution is 5.80. The quantitative estimate of drug-likeness (QED) is 0.523. The van der Waals surface area contributed by atoms with Crippen molar-refractivity contribution < 1.29 is 4.79 Å². The number of hydrogen-bond donors (Lipinski definition) is 2. The summed E-state index contributed by atoms with van der Waals surface area (Å²) < 4.78 is 0. The van der Waals surface area contributed by atoms with Crippen LogP contribution in [-0.4, -0.2) is 37.6 Å². The molecule has 0 aliphatic carbocycles. The van der Waals surface area contributed by atoms with Gasteiger partial charge in [0.1, 0.15) is 12.6 Å². The van der Waals surface area contributed by atoms with Crippen LogP contribution in [0, 0.1) is 0 Å². The minimum atomic E-state index is -0.226. The fourth-order valence-electron chi connectivity index (χ4n) is 1.60. The Labute approximate surface area is 73.1 Å². The second kappa shape index (κ2) is 3.87. The number of nitrogens with two attached hydrogens (primary N) is 1. The van der Waals surface area contributed by atoms with Gasteiger partial charge in [0, 0.05) is 6.54 Å². The van der Waals surface area contributed by atoms with Gasteiger partial charge in [-0.15, -0.1) is 0 Å². The van der Waals surface area contributed by atoms with Crippen molar-refractivity contribution in [1.82, 2.24) is 10.2 Å². The Morgan fingerprint density at radius 1 is 1.67 bits per heavy atom. The molecule has 1 heterocycles. The molecule has 1 amide bonds. The van der Waals surface area contributed by atoms with Crippen LogP contribution in [0.25, 0.3) is 0 Å². The largest absolute Gasteiger partial charge is 0.364 e. The summed E-state index contributed by atoms with van der Waals surface area (Å²) in [6, 6.07) is 0.267. The van der Waals surface area contributed by atoms with Crippen LogP contribution in [0.15, 0.2) is 0 Å². The lowest BCUT2D eigenvalue weighted by molar-refractivity contribution is -0.122. The Morgan fingerprint density at radius 2 is 2.33 bits per heavy atom. The number of rotatable bonds is 2. The van der Waals surface area contributed by atoms with Crippen molar-refractivity contribution in [3.63, 3.8) is 0 Å². The Balaban J connectivity index is 2.60. The number of hydrogen-bond acceptors (Lipinski definition) is 3. The van der Waals surface area contributed by atoms with E-state index >= 15 is 0 Å². The second-order valence-electron chi connectivity index (χ2n) is 3.45. The van der Waals surface area contributed by atoms with Crippen LogP contribution in [0.4, 0.5) is 0 Å². The van der Waals surface area contributed by atoms with Gasteiger partial charge < -0.3 is 11.1 Å². The summed E-state index contributed by atoms with van der Waals surface area (Å²) in [5, 5.41) is 3.16. The molecule has 0 spiro atoms. The van der Waals surface area contributed by atoms with E-state index in [0.29, 0.717) is 12.6 Å². The van der Waals surface area contributed by atoms with Gasteiger partial charge in [0.15, 0.2) is 0 Å². The molecule has 3 N–H and O–H groups in total. The molecule has 0 aromatic carbocycles. The maximum absolute atomic E-state index is 11.0. The summed E-state index contributed by atoms with van der Waals surface area (Å²) in [4.78, 5) is 13.1. The van der Waals surface area contributed by atoms with Crippen LogP contribution in [-0.2, 0) is 4.79 Å². The average molecular weight is 171 g/mol. The predicted octanol–water partition coefficient (Wildman–Crippen LogP) is -1.01. The zero-order valence-electron chi connectivity index (χ0n) is 7.71. The van der Waals surface area contributed by atoms with Gasteiger partial charge in [-0.25, -0.2) is 0 Å². The monoisotopic (exact) mass is 171 g/mol. The lowest BCUT2D eigenvalue weighted by Gasteiger charge is -2.27. The first-order chi connectivity index (χ1) is 5.63. The molecule has 4 nitrogen and oxygen atoms in total. The molecule has 1 aliphatic heterocycles. The van der Waals surface area contributed by atoms with Crippen molar-refractivity contribution in [1.29, 1.82) is 0 Å². The van der Waals surface area contributed by atoms with Crippen molar-refractivity contribution in [2.75, 3.05) is 19.6 Å². The number of primary amides is 1. The van der Waals surface area contributed by atoms with Crippen LogP contribution in [0.3, 0.4) is 0 Å². The van der Waals surface area contributed by atoms with Gasteiger partial charge in [-0.2, -0.15) is 4.90 Å². The molecule has 1 radical (unpaired) electrons. The first-order valence-electron chi connectivity index (χ1n) is 4.38. The molecule has 69 valence electrons. The van der Waals surface area contributed by atoms with Crippen molar-refractivity contribution in [3.05, 3.63) is 0 Å². The Kier molecular flexibility index (Phi) is 3.05. The highest BCUT2D eigenvalue weighted by Gasteiger charge is 2.37. The highest BCUT2D eigenvalue weighted by Crippen LogP contribution is 2.03. The average Bonchev–Trinajstić information content (AvgIpc) is 2.04. The molecule has 0 bridgehead atoms. The summed E-state index contributed by atoms with van der Waals surface area (Å²) in [6.45, 7) is 6.71. The SMILES string of the molecule is CC(C)[N+]1CCNCC1C(N)=O. The first kappa shape index (κ1) is 9.48. The summed E-state index contributed by atoms with van der Waals surface area (Å²) in [5.41, 5.74) is 5.27. The minimum Gasteiger partial charge on any atom is -0.364 e. The fraction of sp³-hybridized carbons (Fsp3) is 0.875. The van der Waals surface area contributed by atoms with E-state index in [0.717, 1.165) is 13.1 Å². The van der Waals surface area contributed by atoms with Crippen LogP contribution >= 0.6 is 0 Å². The Hall–Kier alpha value is -0.610. The molecule has 1 atom stereocenters. The van der Waals surface area contributed by atoms with Crippen molar-refractivity contribution in [2.24, 2.45) is 5.73 Å². The predicted molar refractivity (Wildman–Crippen MR) is 48.0 cm³/mol. The molecule has 0 saturated carbocycles. The maximum Gasteiger partial charge on any atom is 0.282 e. The number of carbonyl (C=O) groups is 1. The second-order valence-corrected chi connectivity index (χ2v) is 3.45. The smallest absolute Gasteiger partial charge is 0.282 e. The molecule has 4 heteroatoms. The summed E-state index contributed by atoms with van der Waals surface area (Å²) in [5.74, 6) is -0.226. The van der Waals surface area contributed by atoms with Crippen LogP contribution in [0.1, 0.15) is 13.8 Å². The minimum absolute atomic E-state index is 0.126. The van der Waals surface area contributed by atoms with E-state index in [9.17, 15) is 4.79 Å². The van der Waals surface area contributed by atoms with E-state index in [-0.39, 0.29) is 11.9 Å². The zero-order valence-corrected chi connectivity index (χ0v) is 7.71. The molecule has 1 fully saturated rings. The molecular formula is C8H17N3O+. The lowest BCUT2D eigenvalue weighted by atomic mass is 10.1. The van der Waals surface area contributed by atoms with Gasteiger partial charge in [0.05, 0.1) is 6.54 Å². The molecular weight excluding hydrogens is 154 g/mol. The topological polar surface area (TPSA) is 61.0 Å². The van der Waals surface area contributed by atoms with Crippen molar-refractivity contribution >= 4 is 5.91 Å². The molecule has 12 heavy (non-hydrogen) atoms. The van der Waals surface area contributed by atoms with E-state index in [4.69, 9.17) is 5.73 Å². The third kappa shape index (κ3) is 1.95. The number of amides is 1. The number of nitrogens with one attached hydrogen (secondary N) is 1. The number of carbonyl (C=O) groups excluding carboxylic acids is 1.